The smallest absolute Gasteiger partial charge is 0.251 e. The number of hydrogen-bond donors (Lipinski definition) is 1. The first-order valence-corrected chi connectivity index (χ1v) is 6.81. The Morgan fingerprint density at radius 3 is 2.71 bits per heavy atom. The van der Waals surface area contributed by atoms with Crippen molar-refractivity contribution in [1.82, 2.24) is 14.1 Å². The highest BCUT2D eigenvalue weighted by Gasteiger charge is 2.10. The molecule has 4 nitrogen and oxygen atoms in total. The zero-order valence-corrected chi connectivity index (χ0v) is 11.5. The van der Waals surface area contributed by atoms with Crippen LogP contribution in [0.1, 0.15) is 15.9 Å². The minimum absolute atomic E-state index is 0.0156. The average molecular weight is 305 g/mol. The van der Waals surface area contributed by atoms with E-state index in [1.54, 1.807) is 18.2 Å². The number of halogens is 2. The fraction of sp³-hybridized carbons (Fsp3) is 0.0714. The van der Waals surface area contributed by atoms with E-state index in [2.05, 4.69) is 14.1 Å². The molecule has 1 aromatic heterocycles. The van der Waals surface area contributed by atoms with Crippen molar-refractivity contribution in [2.24, 2.45) is 0 Å². The number of amides is 1. The molecule has 0 bridgehead atoms. The summed E-state index contributed by atoms with van der Waals surface area (Å²) in [5.74, 6) is -1.69. The van der Waals surface area contributed by atoms with Gasteiger partial charge in [0.05, 0.1) is 11.7 Å². The lowest BCUT2D eigenvalue weighted by atomic mass is 10.1. The van der Waals surface area contributed by atoms with Crippen molar-refractivity contribution < 1.29 is 13.6 Å². The van der Waals surface area contributed by atoms with Gasteiger partial charge in [-0.1, -0.05) is 6.07 Å². The Kier molecular flexibility index (Phi) is 3.57. The molecular weight excluding hydrogens is 296 g/mol. The normalized spacial score (nSPS) is 10.8. The predicted octanol–water partition coefficient (Wildman–Crippen LogP) is 2.90. The molecule has 3 rings (SSSR count). The van der Waals surface area contributed by atoms with E-state index in [1.165, 1.54) is 6.07 Å². The Morgan fingerprint density at radius 2 is 1.90 bits per heavy atom. The number of carbonyl (C=O) groups excluding carboxylic acids is 1. The van der Waals surface area contributed by atoms with Crippen molar-refractivity contribution in [1.29, 1.82) is 0 Å². The van der Waals surface area contributed by atoms with Crippen LogP contribution < -0.4 is 5.32 Å². The van der Waals surface area contributed by atoms with Gasteiger partial charge in [0.2, 0.25) is 0 Å². The van der Waals surface area contributed by atoms with Crippen LogP contribution in [-0.4, -0.2) is 14.7 Å². The van der Waals surface area contributed by atoms with Gasteiger partial charge in [-0.3, -0.25) is 4.79 Å². The van der Waals surface area contributed by atoms with Crippen molar-refractivity contribution in [2.45, 2.75) is 6.54 Å². The number of aromatic nitrogens is 2. The van der Waals surface area contributed by atoms with E-state index in [4.69, 9.17) is 0 Å². The summed E-state index contributed by atoms with van der Waals surface area (Å²) in [5, 5.41) is 2.59. The fourth-order valence-corrected chi connectivity index (χ4v) is 2.38. The predicted molar refractivity (Wildman–Crippen MR) is 74.9 cm³/mol. The molecule has 0 fully saturated rings. The summed E-state index contributed by atoms with van der Waals surface area (Å²) in [6.07, 6.45) is 0. The zero-order chi connectivity index (χ0) is 14.8. The van der Waals surface area contributed by atoms with Gasteiger partial charge >= 0.3 is 0 Å². The first-order chi connectivity index (χ1) is 10.1. The molecule has 0 atom stereocenters. The average Bonchev–Trinajstić information content (AvgIpc) is 2.93. The van der Waals surface area contributed by atoms with Crippen LogP contribution in [0, 0.1) is 11.6 Å². The van der Waals surface area contributed by atoms with Gasteiger partial charge in [-0.25, -0.2) is 8.78 Å². The van der Waals surface area contributed by atoms with Crippen LogP contribution in [0.4, 0.5) is 8.78 Å². The number of fused-ring (bicyclic) bond motifs is 1. The Bertz CT molecular complexity index is 819. The third kappa shape index (κ3) is 2.87. The van der Waals surface area contributed by atoms with Crippen LogP contribution >= 0.6 is 11.7 Å². The summed E-state index contributed by atoms with van der Waals surface area (Å²) in [5.41, 5.74) is 2.00. The van der Waals surface area contributed by atoms with Crippen molar-refractivity contribution in [3.8, 4) is 0 Å². The van der Waals surface area contributed by atoms with Crippen LogP contribution in [0.15, 0.2) is 36.4 Å². The van der Waals surface area contributed by atoms with Gasteiger partial charge in [-0.05, 0) is 24.3 Å². The second kappa shape index (κ2) is 5.53. The van der Waals surface area contributed by atoms with E-state index < -0.39 is 11.6 Å². The van der Waals surface area contributed by atoms with E-state index in [9.17, 15) is 13.6 Å². The van der Waals surface area contributed by atoms with Crippen LogP contribution in [0.3, 0.4) is 0 Å². The van der Waals surface area contributed by atoms with Crippen LogP contribution in [0.25, 0.3) is 11.0 Å². The number of rotatable bonds is 3. The molecule has 1 N–H and O–H groups in total. The van der Waals surface area contributed by atoms with E-state index in [-0.39, 0.29) is 18.0 Å². The lowest BCUT2D eigenvalue weighted by Crippen LogP contribution is -2.23. The van der Waals surface area contributed by atoms with Crippen molar-refractivity contribution >= 4 is 28.7 Å². The monoisotopic (exact) mass is 305 g/mol. The number of benzene rings is 2. The quantitative estimate of drug-likeness (QED) is 0.809. The molecule has 0 aliphatic heterocycles. The lowest BCUT2D eigenvalue weighted by molar-refractivity contribution is 0.0950. The molecule has 0 unspecified atom stereocenters. The molecule has 0 radical (unpaired) electrons. The maximum absolute atomic E-state index is 13.5. The van der Waals surface area contributed by atoms with Crippen LogP contribution in [0.2, 0.25) is 0 Å². The fourth-order valence-electron chi connectivity index (χ4n) is 1.87. The maximum Gasteiger partial charge on any atom is 0.251 e. The zero-order valence-electron chi connectivity index (χ0n) is 10.6. The summed E-state index contributed by atoms with van der Waals surface area (Å²) < 4.78 is 34.4. The van der Waals surface area contributed by atoms with Gasteiger partial charge < -0.3 is 5.32 Å². The second-order valence-electron chi connectivity index (χ2n) is 4.39. The minimum atomic E-state index is -0.686. The van der Waals surface area contributed by atoms with Gasteiger partial charge in [0, 0.05) is 23.7 Å². The Labute approximate surface area is 122 Å². The molecule has 7 heteroatoms. The highest BCUT2D eigenvalue weighted by Crippen LogP contribution is 2.14. The maximum atomic E-state index is 13.5. The van der Waals surface area contributed by atoms with E-state index >= 15 is 0 Å². The Balaban J connectivity index is 1.73. The largest absolute Gasteiger partial charge is 0.348 e. The molecule has 106 valence electrons. The number of carbonyl (C=O) groups is 1. The Hall–Kier alpha value is -2.41. The third-order valence-corrected chi connectivity index (χ3v) is 3.53. The highest BCUT2D eigenvalue weighted by molar-refractivity contribution is 7.00. The summed E-state index contributed by atoms with van der Waals surface area (Å²) >= 11 is 1.07. The molecular formula is C14H9F2N3OS. The van der Waals surface area contributed by atoms with Crippen molar-refractivity contribution in [3.63, 3.8) is 0 Å². The van der Waals surface area contributed by atoms with Crippen molar-refractivity contribution in [3.05, 3.63) is 59.2 Å². The van der Waals surface area contributed by atoms with E-state index in [1.807, 2.05) is 0 Å². The number of nitrogens with zero attached hydrogens (tertiary/aromatic N) is 2. The first-order valence-electron chi connectivity index (χ1n) is 6.08. The van der Waals surface area contributed by atoms with E-state index in [0.29, 0.717) is 11.1 Å². The van der Waals surface area contributed by atoms with Gasteiger partial charge in [0.1, 0.15) is 22.7 Å². The van der Waals surface area contributed by atoms with Gasteiger partial charge in [0.25, 0.3) is 5.91 Å². The van der Waals surface area contributed by atoms with Crippen LogP contribution in [0.5, 0.6) is 0 Å². The molecule has 1 amide bonds. The SMILES string of the molecule is O=C(NCc1ccc(F)cc1F)c1ccc2nsnc2c1. The van der Waals surface area contributed by atoms with E-state index in [0.717, 1.165) is 29.4 Å². The minimum Gasteiger partial charge on any atom is -0.348 e. The Morgan fingerprint density at radius 1 is 1.10 bits per heavy atom. The molecule has 1 heterocycles. The third-order valence-electron chi connectivity index (χ3n) is 2.97. The molecule has 0 spiro atoms. The molecule has 3 aromatic rings. The molecule has 0 aliphatic carbocycles. The summed E-state index contributed by atoms with van der Waals surface area (Å²) in [6, 6.07) is 8.19. The van der Waals surface area contributed by atoms with Crippen LogP contribution in [-0.2, 0) is 6.54 Å². The summed E-state index contributed by atoms with van der Waals surface area (Å²) in [6.45, 7) is -0.0156. The molecule has 0 aliphatic rings. The topological polar surface area (TPSA) is 54.9 Å². The standard InChI is InChI=1S/C14H9F2N3OS/c15-10-3-1-9(11(16)6-10)7-17-14(20)8-2-4-12-13(5-8)19-21-18-12/h1-6H,7H2,(H,17,20). The molecule has 2 aromatic carbocycles. The lowest BCUT2D eigenvalue weighted by Gasteiger charge is -2.06. The second-order valence-corrected chi connectivity index (χ2v) is 4.91. The van der Waals surface area contributed by atoms with Gasteiger partial charge in [-0.2, -0.15) is 8.75 Å². The number of hydrogen-bond acceptors (Lipinski definition) is 4. The molecule has 21 heavy (non-hydrogen) atoms. The van der Waals surface area contributed by atoms with Crippen molar-refractivity contribution in [2.75, 3.05) is 0 Å². The molecule has 0 saturated heterocycles. The summed E-state index contributed by atoms with van der Waals surface area (Å²) in [4.78, 5) is 12.0. The molecule has 0 saturated carbocycles. The first kappa shape index (κ1) is 13.6. The van der Waals surface area contributed by atoms with Gasteiger partial charge in [-0.15, -0.1) is 0 Å². The van der Waals surface area contributed by atoms with Gasteiger partial charge in [0.15, 0.2) is 0 Å². The number of nitrogens with one attached hydrogen (secondary N) is 1. The summed E-state index contributed by atoms with van der Waals surface area (Å²) in [7, 11) is 0. The highest BCUT2D eigenvalue weighted by atomic mass is 32.1.